The maximum Gasteiger partial charge on any atom is 0.335 e. The molecule has 0 radical (unpaired) electrons. The first-order chi connectivity index (χ1) is 12.4. The van der Waals surface area contributed by atoms with Crippen LogP contribution in [0.2, 0.25) is 0 Å². The van der Waals surface area contributed by atoms with Crippen LogP contribution in [0.5, 0.6) is 0 Å². The van der Waals surface area contributed by atoms with Crippen LogP contribution in [0, 0.1) is 6.92 Å². The van der Waals surface area contributed by atoms with E-state index in [0.29, 0.717) is 26.2 Å². The minimum absolute atomic E-state index is 0.00728. The highest BCUT2D eigenvalue weighted by Gasteiger charge is 2.25. The van der Waals surface area contributed by atoms with Gasteiger partial charge >= 0.3 is 5.97 Å². The van der Waals surface area contributed by atoms with Gasteiger partial charge in [0.1, 0.15) is 0 Å². The number of carboxylic acids is 1. The molecular formula is C19H20N2O4S. The zero-order valence-corrected chi connectivity index (χ0v) is 15.3. The predicted octanol–water partition coefficient (Wildman–Crippen LogP) is 2.28. The Bertz CT molecular complexity index is 820. The van der Waals surface area contributed by atoms with Gasteiger partial charge in [-0.1, -0.05) is 12.1 Å². The summed E-state index contributed by atoms with van der Waals surface area (Å²) in [6.07, 6.45) is 0.234. The van der Waals surface area contributed by atoms with E-state index < -0.39 is 5.97 Å². The molecule has 26 heavy (non-hydrogen) atoms. The number of aryl methyl sites for hydroxylation is 1. The lowest BCUT2D eigenvalue weighted by atomic mass is 10.1. The van der Waals surface area contributed by atoms with E-state index in [4.69, 9.17) is 5.11 Å². The third kappa shape index (κ3) is 4.11. The van der Waals surface area contributed by atoms with Gasteiger partial charge < -0.3 is 14.9 Å². The van der Waals surface area contributed by atoms with E-state index in [9.17, 15) is 14.4 Å². The summed E-state index contributed by atoms with van der Waals surface area (Å²) in [5.74, 6) is -0.962. The van der Waals surface area contributed by atoms with E-state index >= 15 is 0 Å². The third-order valence-electron chi connectivity index (χ3n) is 4.43. The molecule has 1 aliphatic heterocycles. The maximum atomic E-state index is 12.5. The van der Waals surface area contributed by atoms with Crippen LogP contribution in [-0.4, -0.2) is 58.9 Å². The number of carbonyl (C=O) groups excluding carboxylic acids is 2. The molecule has 1 N–H and O–H groups in total. The summed E-state index contributed by atoms with van der Waals surface area (Å²) in [5, 5.41) is 8.91. The van der Waals surface area contributed by atoms with E-state index in [2.05, 4.69) is 0 Å². The van der Waals surface area contributed by atoms with Crippen LogP contribution in [-0.2, 0) is 11.2 Å². The van der Waals surface area contributed by atoms with Crippen molar-refractivity contribution in [1.82, 2.24) is 9.80 Å². The number of piperazine rings is 1. The van der Waals surface area contributed by atoms with E-state index in [1.807, 2.05) is 19.1 Å². The second kappa shape index (κ2) is 7.70. The van der Waals surface area contributed by atoms with Gasteiger partial charge in [0.05, 0.1) is 16.9 Å². The van der Waals surface area contributed by atoms with Gasteiger partial charge in [-0.05, 0) is 36.8 Å². The van der Waals surface area contributed by atoms with Crippen molar-refractivity contribution >= 4 is 29.1 Å². The van der Waals surface area contributed by atoms with Crippen LogP contribution in [0.15, 0.2) is 36.4 Å². The normalized spacial score (nSPS) is 14.3. The second-order valence-electron chi connectivity index (χ2n) is 6.26. The second-order valence-corrected chi connectivity index (χ2v) is 7.55. The zero-order chi connectivity index (χ0) is 18.7. The molecule has 1 aromatic heterocycles. The molecular weight excluding hydrogens is 352 g/mol. The molecule has 136 valence electrons. The Kier molecular flexibility index (Phi) is 5.37. The van der Waals surface area contributed by atoms with Gasteiger partial charge in [0.25, 0.3) is 5.91 Å². The summed E-state index contributed by atoms with van der Waals surface area (Å²) in [5.41, 5.74) is 0.990. The Labute approximate surface area is 155 Å². The number of aromatic carboxylic acids is 1. The van der Waals surface area contributed by atoms with Crippen molar-refractivity contribution in [3.8, 4) is 0 Å². The summed E-state index contributed by atoms with van der Waals surface area (Å²) >= 11 is 1.49. The lowest BCUT2D eigenvalue weighted by Gasteiger charge is -2.34. The van der Waals surface area contributed by atoms with Crippen LogP contribution < -0.4 is 0 Å². The minimum atomic E-state index is -0.982. The van der Waals surface area contributed by atoms with E-state index in [1.165, 1.54) is 23.5 Å². The Morgan fingerprint density at radius 3 is 2.12 bits per heavy atom. The van der Waals surface area contributed by atoms with Crippen molar-refractivity contribution in [1.29, 1.82) is 0 Å². The fraction of sp³-hybridized carbons (Fsp3) is 0.316. The summed E-state index contributed by atoms with van der Waals surface area (Å²) < 4.78 is 0. The van der Waals surface area contributed by atoms with Gasteiger partial charge in [0.15, 0.2) is 0 Å². The van der Waals surface area contributed by atoms with E-state index in [1.54, 1.807) is 21.9 Å². The molecule has 1 aliphatic rings. The topological polar surface area (TPSA) is 77.9 Å². The number of benzene rings is 1. The van der Waals surface area contributed by atoms with Crippen molar-refractivity contribution < 1.29 is 19.5 Å². The standard InChI is InChI=1S/C19H20N2O4S/c1-13-2-7-16(26-13)18(23)21-10-8-20(9-11-21)17(22)12-14-3-5-15(6-4-14)19(24)25/h2-7H,8-12H2,1H3,(H,24,25). The highest BCUT2D eigenvalue weighted by atomic mass is 32.1. The zero-order valence-electron chi connectivity index (χ0n) is 14.5. The summed E-state index contributed by atoms with van der Waals surface area (Å²) in [6.45, 7) is 4.06. The van der Waals surface area contributed by atoms with Crippen molar-refractivity contribution in [2.24, 2.45) is 0 Å². The Morgan fingerprint density at radius 2 is 1.58 bits per heavy atom. The number of amides is 2. The largest absolute Gasteiger partial charge is 0.478 e. The molecule has 2 heterocycles. The monoisotopic (exact) mass is 372 g/mol. The molecule has 1 saturated heterocycles. The lowest BCUT2D eigenvalue weighted by Crippen LogP contribution is -2.50. The molecule has 7 heteroatoms. The lowest BCUT2D eigenvalue weighted by molar-refractivity contribution is -0.131. The average molecular weight is 372 g/mol. The number of hydrogen-bond acceptors (Lipinski definition) is 4. The predicted molar refractivity (Wildman–Crippen MR) is 98.6 cm³/mol. The Balaban J connectivity index is 1.53. The SMILES string of the molecule is Cc1ccc(C(=O)N2CCN(C(=O)Cc3ccc(C(=O)O)cc3)CC2)s1. The van der Waals surface area contributed by atoms with Gasteiger partial charge in [-0.25, -0.2) is 4.79 Å². The third-order valence-corrected chi connectivity index (χ3v) is 5.42. The van der Waals surface area contributed by atoms with Crippen molar-refractivity contribution in [3.63, 3.8) is 0 Å². The van der Waals surface area contributed by atoms with Gasteiger partial charge in [0.2, 0.25) is 5.91 Å². The van der Waals surface area contributed by atoms with Crippen LogP contribution in [0.3, 0.4) is 0 Å². The molecule has 0 spiro atoms. The molecule has 2 amide bonds. The van der Waals surface area contributed by atoms with Crippen molar-refractivity contribution in [2.75, 3.05) is 26.2 Å². The molecule has 1 aromatic carbocycles. The molecule has 3 rings (SSSR count). The number of carboxylic acid groups (broad SMARTS) is 1. The van der Waals surface area contributed by atoms with Crippen LogP contribution in [0.4, 0.5) is 0 Å². The molecule has 2 aromatic rings. The number of nitrogens with zero attached hydrogens (tertiary/aromatic N) is 2. The average Bonchev–Trinajstić information content (AvgIpc) is 3.08. The smallest absolute Gasteiger partial charge is 0.335 e. The molecule has 6 nitrogen and oxygen atoms in total. The first-order valence-corrected chi connectivity index (χ1v) is 9.21. The highest BCUT2D eigenvalue weighted by molar-refractivity contribution is 7.13. The van der Waals surface area contributed by atoms with Crippen LogP contribution >= 0.6 is 11.3 Å². The first kappa shape index (κ1) is 18.1. The number of carbonyl (C=O) groups is 3. The first-order valence-electron chi connectivity index (χ1n) is 8.40. The van der Waals surface area contributed by atoms with E-state index in [-0.39, 0.29) is 23.8 Å². The summed E-state index contributed by atoms with van der Waals surface area (Å²) in [7, 11) is 0. The van der Waals surface area contributed by atoms with Gasteiger partial charge in [-0.2, -0.15) is 0 Å². The number of thiophene rings is 1. The number of hydrogen-bond donors (Lipinski definition) is 1. The van der Waals surface area contributed by atoms with Gasteiger partial charge in [0, 0.05) is 31.1 Å². The van der Waals surface area contributed by atoms with Crippen molar-refractivity contribution in [3.05, 3.63) is 57.3 Å². The summed E-state index contributed by atoms with van der Waals surface area (Å²) in [4.78, 5) is 41.2. The van der Waals surface area contributed by atoms with Crippen LogP contribution in [0.1, 0.15) is 30.5 Å². The highest BCUT2D eigenvalue weighted by Crippen LogP contribution is 2.18. The minimum Gasteiger partial charge on any atom is -0.478 e. The van der Waals surface area contributed by atoms with Crippen molar-refractivity contribution in [2.45, 2.75) is 13.3 Å². The molecule has 0 bridgehead atoms. The fourth-order valence-electron chi connectivity index (χ4n) is 2.92. The molecule has 0 atom stereocenters. The Hall–Kier alpha value is -2.67. The van der Waals surface area contributed by atoms with Crippen LogP contribution in [0.25, 0.3) is 0 Å². The molecule has 0 unspecified atom stereocenters. The quantitative estimate of drug-likeness (QED) is 0.893. The summed E-state index contributed by atoms with van der Waals surface area (Å²) in [6, 6.07) is 10.1. The van der Waals surface area contributed by atoms with Gasteiger partial charge in [-0.3, -0.25) is 9.59 Å². The van der Waals surface area contributed by atoms with Gasteiger partial charge in [-0.15, -0.1) is 11.3 Å². The maximum absolute atomic E-state index is 12.5. The van der Waals surface area contributed by atoms with E-state index in [0.717, 1.165) is 15.3 Å². The fourth-order valence-corrected chi connectivity index (χ4v) is 3.75. The molecule has 0 aliphatic carbocycles. The number of rotatable bonds is 4. The Morgan fingerprint density at radius 1 is 0.962 bits per heavy atom. The molecule has 1 fully saturated rings. The molecule has 0 saturated carbocycles.